The first kappa shape index (κ1) is 8.64. The van der Waals surface area contributed by atoms with E-state index in [-0.39, 0.29) is 17.6 Å². The zero-order chi connectivity index (χ0) is 8.48. The minimum Gasteiger partial charge on any atom is -0.313 e. The predicted octanol–water partition coefficient (Wildman–Crippen LogP) is -1.46. The Morgan fingerprint density at radius 3 is 1.91 bits per heavy atom. The lowest BCUT2D eigenvalue weighted by Crippen LogP contribution is -2.47. The third-order valence-corrected chi connectivity index (χ3v) is 2.55. The van der Waals surface area contributed by atoms with Crippen LogP contribution in [0, 0.1) is 5.92 Å². The van der Waals surface area contributed by atoms with E-state index >= 15 is 0 Å². The van der Waals surface area contributed by atoms with E-state index in [0.29, 0.717) is 0 Å². The Hall–Kier alpha value is -0.450. The number of rotatable bonds is 4. The summed E-state index contributed by atoms with van der Waals surface area (Å²) in [5.41, 5.74) is -0.212. The predicted molar refractivity (Wildman–Crippen MR) is 43.3 cm³/mol. The first-order valence-corrected chi connectivity index (χ1v) is 3.77. The fourth-order valence-electron chi connectivity index (χ4n) is 1.78. The normalized spacial score (nSPS) is 33.4. The summed E-state index contributed by atoms with van der Waals surface area (Å²) in [4.78, 5) is 10.5. The molecule has 4 nitrogen and oxygen atoms in total. The SMILES string of the molecule is CNC1C(C=O)C1(NC)NC. The van der Waals surface area contributed by atoms with Gasteiger partial charge in [0.2, 0.25) is 0 Å². The molecule has 2 unspecified atom stereocenters. The van der Waals surface area contributed by atoms with Gasteiger partial charge in [0, 0.05) is 0 Å². The molecule has 11 heavy (non-hydrogen) atoms. The van der Waals surface area contributed by atoms with Gasteiger partial charge in [0.1, 0.15) is 6.29 Å². The van der Waals surface area contributed by atoms with Crippen LogP contribution in [-0.4, -0.2) is 39.1 Å². The van der Waals surface area contributed by atoms with Crippen LogP contribution in [0.1, 0.15) is 0 Å². The summed E-state index contributed by atoms with van der Waals surface area (Å²) < 4.78 is 0. The van der Waals surface area contributed by atoms with Gasteiger partial charge < -0.3 is 20.7 Å². The van der Waals surface area contributed by atoms with Gasteiger partial charge in [-0.1, -0.05) is 0 Å². The highest BCUT2D eigenvalue weighted by Gasteiger charge is 2.62. The molecule has 0 aromatic rings. The second kappa shape index (κ2) is 2.89. The number of likely N-dealkylation sites (N-methyl/N-ethyl adjacent to an activating group) is 3. The highest BCUT2D eigenvalue weighted by molar-refractivity contribution is 5.65. The number of hydrogen-bond acceptors (Lipinski definition) is 4. The fraction of sp³-hybridized carbons (Fsp3) is 0.857. The van der Waals surface area contributed by atoms with E-state index in [9.17, 15) is 4.79 Å². The molecule has 0 aromatic carbocycles. The lowest BCUT2D eigenvalue weighted by atomic mass is 10.4. The number of nitrogens with one attached hydrogen (secondary N) is 3. The summed E-state index contributed by atoms with van der Waals surface area (Å²) >= 11 is 0. The van der Waals surface area contributed by atoms with E-state index in [1.165, 1.54) is 0 Å². The van der Waals surface area contributed by atoms with Gasteiger partial charge in [0.05, 0.1) is 17.6 Å². The number of hydrogen-bond donors (Lipinski definition) is 3. The van der Waals surface area contributed by atoms with Crippen LogP contribution in [0.15, 0.2) is 0 Å². The summed E-state index contributed by atoms with van der Waals surface area (Å²) in [6.07, 6.45) is 0.980. The molecule has 0 spiro atoms. The summed E-state index contributed by atoms with van der Waals surface area (Å²) in [7, 11) is 5.56. The largest absolute Gasteiger partial charge is 0.313 e. The Balaban J connectivity index is 2.65. The standard InChI is InChI=1S/C7H15N3O/c1-8-6-5(4-11)7(6,9-2)10-3/h4-6,8-10H,1-3H3. The van der Waals surface area contributed by atoms with Crippen molar-refractivity contribution in [1.29, 1.82) is 0 Å². The lowest BCUT2D eigenvalue weighted by Gasteiger charge is -2.14. The monoisotopic (exact) mass is 157 g/mol. The van der Waals surface area contributed by atoms with Crippen LogP contribution in [0.3, 0.4) is 0 Å². The zero-order valence-electron chi connectivity index (χ0n) is 7.14. The van der Waals surface area contributed by atoms with Crippen LogP contribution in [0.5, 0.6) is 0 Å². The molecule has 0 saturated heterocycles. The van der Waals surface area contributed by atoms with Gasteiger partial charge >= 0.3 is 0 Å². The molecule has 3 N–H and O–H groups in total. The van der Waals surface area contributed by atoms with Crippen LogP contribution in [0.4, 0.5) is 0 Å². The Kier molecular flexibility index (Phi) is 2.27. The van der Waals surface area contributed by atoms with Crippen molar-refractivity contribution < 1.29 is 4.79 Å². The van der Waals surface area contributed by atoms with Crippen molar-refractivity contribution in [1.82, 2.24) is 16.0 Å². The third kappa shape index (κ3) is 0.982. The van der Waals surface area contributed by atoms with Crippen molar-refractivity contribution in [3.63, 3.8) is 0 Å². The van der Waals surface area contributed by atoms with Gasteiger partial charge in [0.25, 0.3) is 0 Å². The van der Waals surface area contributed by atoms with Crippen molar-refractivity contribution in [2.24, 2.45) is 5.92 Å². The molecule has 1 aliphatic carbocycles. The van der Waals surface area contributed by atoms with Gasteiger partial charge in [-0.15, -0.1) is 0 Å². The smallest absolute Gasteiger partial charge is 0.128 e. The first-order chi connectivity index (χ1) is 5.26. The Labute approximate surface area is 66.7 Å². The number of carbonyl (C=O) groups excluding carboxylic acids is 1. The van der Waals surface area contributed by atoms with Crippen molar-refractivity contribution in [2.75, 3.05) is 21.1 Å². The maximum absolute atomic E-state index is 10.5. The van der Waals surface area contributed by atoms with Gasteiger partial charge in [-0.3, -0.25) is 0 Å². The second-order valence-corrected chi connectivity index (χ2v) is 2.80. The first-order valence-electron chi connectivity index (χ1n) is 3.77. The average Bonchev–Trinajstić information content (AvgIpc) is 2.72. The Morgan fingerprint density at radius 1 is 1.27 bits per heavy atom. The summed E-state index contributed by atoms with van der Waals surface area (Å²) in [5, 5.41) is 9.27. The van der Waals surface area contributed by atoms with Crippen molar-refractivity contribution in [2.45, 2.75) is 11.7 Å². The molecular formula is C7H15N3O. The van der Waals surface area contributed by atoms with Gasteiger partial charge in [0.15, 0.2) is 0 Å². The van der Waals surface area contributed by atoms with E-state index in [1.54, 1.807) is 0 Å². The van der Waals surface area contributed by atoms with Crippen LogP contribution in [-0.2, 0) is 4.79 Å². The minimum atomic E-state index is -0.212. The van der Waals surface area contributed by atoms with Gasteiger partial charge in [-0.05, 0) is 21.1 Å². The quantitative estimate of drug-likeness (QED) is 0.345. The Morgan fingerprint density at radius 2 is 1.82 bits per heavy atom. The summed E-state index contributed by atoms with van der Waals surface area (Å²) in [5.74, 6) is 0.0440. The van der Waals surface area contributed by atoms with E-state index in [0.717, 1.165) is 6.29 Å². The van der Waals surface area contributed by atoms with Crippen molar-refractivity contribution in [3.8, 4) is 0 Å². The third-order valence-electron chi connectivity index (χ3n) is 2.55. The molecule has 0 heterocycles. The summed E-state index contributed by atoms with van der Waals surface area (Å²) in [6, 6.07) is 0.218. The molecule has 4 heteroatoms. The molecule has 0 aromatic heterocycles. The van der Waals surface area contributed by atoms with Gasteiger partial charge in [-0.2, -0.15) is 0 Å². The second-order valence-electron chi connectivity index (χ2n) is 2.80. The molecule has 0 bridgehead atoms. The highest BCUT2D eigenvalue weighted by Crippen LogP contribution is 2.38. The molecule has 1 saturated carbocycles. The molecule has 1 rings (SSSR count). The van der Waals surface area contributed by atoms with Crippen LogP contribution in [0.25, 0.3) is 0 Å². The Bertz CT molecular complexity index is 156. The molecule has 2 atom stereocenters. The molecule has 0 aliphatic heterocycles. The highest BCUT2D eigenvalue weighted by atomic mass is 16.1. The number of carbonyl (C=O) groups is 1. The topological polar surface area (TPSA) is 53.2 Å². The van der Waals surface area contributed by atoms with Crippen LogP contribution >= 0.6 is 0 Å². The van der Waals surface area contributed by atoms with Crippen molar-refractivity contribution >= 4 is 6.29 Å². The van der Waals surface area contributed by atoms with Crippen LogP contribution < -0.4 is 16.0 Å². The van der Waals surface area contributed by atoms with Crippen LogP contribution in [0.2, 0.25) is 0 Å². The number of aldehydes is 1. The van der Waals surface area contributed by atoms with E-state index < -0.39 is 0 Å². The maximum atomic E-state index is 10.5. The minimum absolute atomic E-state index is 0.0440. The maximum Gasteiger partial charge on any atom is 0.128 e. The molecule has 64 valence electrons. The molecule has 0 amide bonds. The molecular weight excluding hydrogens is 142 g/mol. The molecule has 0 radical (unpaired) electrons. The molecule has 1 fully saturated rings. The zero-order valence-corrected chi connectivity index (χ0v) is 7.14. The van der Waals surface area contributed by atoms with E-state index in [4.69, 9.17) is 0 Å². The summed E-state index contributed by atoms with van der Waals surface area (Å²) in [6.45, 7) is 0. The molecule has 1 aliphatic rings. The van der Waals surface area contributed by atoms with E-state index in [2.05, 4.69) is 16.0 Å². The average molecular weight is 157 g/mol. The van der Waals surface area contributed by atoms with Crippen molar-refractivity contribution in [3.05, 3.63) is 0 Å². The lowest BCUT2D eigenvalue weighted by molar-refractivity contribution is -0.109. The van der Waals surface area contributed by atoms with Gasteiger partial charge in [-0.25, -0.2) is 0 Å². The fourth-order valence-corrected chi connectivity index (χ4v) is 1.78. The van der Waals surface area contributed by atoms with E-state index in [1.807, 2.05) is 21.1 Å².